The summed E-state index contributed by atoms with van der Waals surface area (Å²) in [7, 11) is 1.41. The largest absolute Gasteiger partial charge is 0.490 e. The molecule has 0 unspecified atom stereocenters. The van der Waals surface area contributed by atoms with Crippen molar-refractivity contribution in [1.29, 1.82) is 0 Å². The van der Waals surface area contributed by atoms with Crippen molar-refractivity contribution in [2.75, 3.05) is 55.0 Å². The number of carbonyl (C=O) groups excluding carboxylic acids is 1. The number of amides is 1. The Balaban J connectivity index is 0.000000540. The SMILES string of the molecule is COCC(=O)Nc1ccc(N2CCCN(c3ncccn3)CC2)cc1C(=O)O.O=C(O)C(F)(F)F. The number of alkyl halides is 3. The van der Waals surface area contributed by atoms with Gasteiger partial charge in [0.15, 0.2) is 0 Å². The Morgan fingerprint density at radius 1 is 1.06 bits per heavy atom. The molecule has 0 saturated carbocycles. The van der Waals surface area contributed by atoms with E-state index < -0.39 is 24.0 Å². The van der Waals surface area contributed by atoms with Crippen LogP contribution in [0.1, 0.15) is 16.8 Å². The van der Waals surface area contributed by atoms with Crippen molar-refractivity contribution < 1.29 is 42.5 Å². The number of benzene rings is 1. The lowest BCUT2D eigenvalue weighted by molar-refractivity contribution is -0.192. The molecule has 1 fully saturated rings. The molecule has 190 valence electrons. The second-order valence-corrected chi connectivity index (χ2v) is 7.20. The number of aliphatic carboxylic acids is 1. The lowest BCUT2D eigenvalue weighted by Crippen LogP contribution is -2.31. The molecule has 1 aromatic heterocycles. The Hall–Kier alpha value is -3.94. The molecule has 0 atom stereocenters. The highest BCUT2D eigenvalue weighted by Gasteiger charge is 2.38. The quantitative estimate of drug-likeness (QED) is 0.540. The summed E-state index contributed by atoms with van der Waals surface area (Å²) in [4.78, 5) is 45.2. The van der Waals surface area contributed by atoms with Crippen LogP contribution in [-0.4, -0.2) is 84.1 Å². The van der Waals surface area contributed by atoms with Gasteiger partial charge in [0, 0.05) is 51.4 Å². The van der Waals surface area contributed by atoms with E-state index in [0.717, 1.165) is 31.7 Å². The van der Waals surface area contributed by atoms with Crippen LogP contribution >= 0.6 is 0 Å². The number of anilines is 3. The fraction of sp³-hybridized carbons (Fsp3) is 0.381. The van der Waals surface area contributed by atoms with Crippen molar-refractivity contribution in [3.05, 3.63) is 42.2 Å². The average molecular weight is 499 g/mol. The molecule has 0 spiro atoms. The van der Waals surface area contributed by atoms with E-state index in [9.17, 15) is 27.9 Å². The molecule has 14 heteroatoms. The van der Waals surface area contributed by atoms with Gasteiger partial charge in [0.05, 0.1) is 11.3 Å². The number of aromatic nitrogens is 2. The third-order valence-electron chi connectivity index (χ3n) is 4.72. The summed E-state index contributed by atoms with van der Waals surface area (Å²) in [5, 5.41) is 19.3. The van der Waals surface area contributed by atoms with E-state index >= 15 is 0 Å². The van der Waals surface area contributed by atoms with Crippen LogP contribution in [-0.2, 0) is 14.3 Å². The van der Waals surface area contributed by atoms with Gasteiger partial charge in [0.1, 0.15) is 6.61 Å². The number of hydrogen-bond donors (Lipinski definition) is 3. The highest BCUT2D eigenvalue weighted by atomic mass is 19.4. The van der Waals surface area contributed by atoms with Crippen molar-refractivity contribution >= 4 is 35.2 Å². The van der Waals surface area contributed by atoms with Crippen LogP contribution in [0.4, 0.5) is 30.5 Å². The standard InChI is InChI=1S/C19H23N5O4.C2HF3O2/c1-28-13-17(25)22-16-5-4-14(12-15(16)18(26)27)23-8-3-9-24(11-10-23)19-20-6-2-7-21-19;3-2(4,5)1(6)7/h2,4-7,12H,3,8-11,13H2,1H3,(H,22,25)(H,26,27);(H,6,7). The fourth-order valence-corrected chi connectivity index (χ4v) is 3.16. The summed E-state index contributed by atoms with van der Waals surface area (Å²) in [6.07, 6.45) is -0.742. The number of halogens is 3. The Bertz CT molecular complexity index is 1020. The minimum Gasteiger partial charge on any atom is -0.478 e. The van der Waals surface area contributed by atoms with E-state index in [-0.39, 0.29) is 17.9 Å². The van der Waals surface area contributed by atoms with Crippen LogP contribution in [0.25, 0.3) is 0 Å². The Kier molecular flexibility index (Phi) is 9.75. The number of methoxy groups -OCH3 is 1. The van der Waals surface area contributed by atoms with Crippen molar-refractivity contribution in [3.8, 4) is 0 Å². The van der Waals surface area contributed by atoms with Gasteiger partial charge in [-0.1, -0.05) is 0 Å². The molecule has 2 aromatic rings. The first kappa shape index (κ1) is 27.3. The topological polar surface area (TPSA) is 145 Å². The number of carbonyl (C=O) groups is 3. The van der Waals surface area contributed by atoms with Crippen LogP contribution < -0.4 is 15.1 Å². The maximum Gasteiger partial charge on any atom is 0.490 e. The molecule has 1 amide bonds. The maximum absolute atomic E-state index is 11.7. The van der Waals surface area contributed by atoms with Crippen molar-refractivity contribution in [1.82, 2.24) is 9.97 Å². The number of aromatic carboxylic acids is 1. The molecule has 3 rings (SSSR count). The third-order valence-corrected chi connectivity index (χ3v) is 4.72. The summed E-state index contributed by atoms with van der Waals surface area (Å²) < 4.78 is 36.5. The van der Waals surface area contributed by atoms with E-state index in [1.54, 1.807) is 30.6 Å². The van der Waals surface area contributed by atoms with Crippen LogP contribution in [0, 0.1) is 0 Å². The minimum absolute atomic E-state index is 0.0504. The molecule has 2 heterocycles. The molecule has 1 aromatic carbocycles. The molecule has 1 aliphatic rings. The van der Waals surface area contributed by atoms with Gasteiger partial charge in [0.25, 0.3) is 0 Å². The maximum atomic E-state index is 11.7. The number of nitrogens with zero attached hydrogens (tertiary/aromatic N) is 4. The van der Waals surface area contributed by atoms with Gasteiger partial charge in [0.2, 0.25) is 11.9 Å². The molecular weight excluding hydrogens is 475 g/mol. The van der Waals surface area contributed by atoms with E-state index in [1.165, 1.54) is 7.11 Å². The fourth-order valence-electron chi connectivity index (χ4n) is 3.16. The molecule has 11 nitrogen and oxygen atoms in total. The molecule has 1 saturated heterocycles. The smallest absolute Gasteiger partial charge is 0.478 e. The van der Waals surface area contributed by atoms with Crippen LogP contribution in [0.15, 0.2) is 36.7 Å². The normalized spacial score (nSPS) is 13.8. The van der Waals surface area contributed by atoms with Crippen LogP contribution in [0.2, 0.25) is 0 Å². The number of carboxylic acids is 2. The summed E-state index contributed by atoms with van der Waals surface area (Å²) in [6.45, 7) is 2.94. The van der Waals surface area contributed by atoms with Crippen molar-refractivity contribution in [3.63, 3.8) is 0 Å². The first-order valence-electron chi connectivity index (χ1n) is 10.3. The molecular formula is C21H24F3N5O6. The van der Waals surface area contributed by atoms with E-state index in [4.69, 9.17) is 14.6 Å². The van der Waals surface area contributed by atoms with Gasteiger partial charge < -0.3 is 30.1 Å². The zero-order valence-corrected chi connectivity index (χ0v) is 18.7. The zero-order chi connectivity index (χ0) is 26.0. The van der Waals surface area contributed by atoms with E-state index in [0.29, 0.717) is 12.5 Å². The monoisotopic (exact) mass is 499 g/mol. The number of ether oxygens (including phenoxy) is 1. The lowest BCUT2D eigenvalue weighted by atomic mass is 10.1. The summed E-state index contributed by atoms with van der Waals surface area (Å²) in [5.74, 6) is -3.55. The molecule has 0 aliphatic carbocycles. The van der Waals surface area contributed by atoms with Gasteiger partial charge >= 0.3 is 18.1 Å². The molecule has 35 heavy (non-hydrogen) atoms. The first-order chi connectivity index (χ1) is 16.5. The molecule has 1 aliphatic heterocycles. The Morgan fingerprint density at radius 3 is 2.23 bits per heavy atom. The number of nitrogens with one attached hydrogen (secondary N) is 1. The van der Waals surface area contributed by atoms with Gasteiger partial charge in [-0.3, -0.25) is 4.79 Å². The van der Waals surface area contributed by atoms with Gasteiger partial charge in [-0.25, -0.2) is 19.6 Å². The summed E-state index contributed by atoms with van der Waals surface area (Å²) >= 11 is 0. The van der Waals surface area contributed by atoms with Gasteiger partial charge in [-0.05, 0) is 30.7 Å². The van der Waals surface area contributed by atoms with Crippen molar-refractivity contribution in [2.45, 2.75) is 12.6 Å². The Morgan fingerprint density at radius 2 is 1.66 bits per heavy atom. The van der Waals surface area contributed by atoms with E-state index in [2.05, 4.69) is 25.1 Å². The number of hydrogen-bond acceptors (Lipinski definition) is 8. The minimum atomic E-state index is -5.08. The highest BCUT2D eigenvalue weighted by molar-refractivity contribution is 6.01. The predicted molar refractivity (Wildman–Crippen MR) is 119 cm³/mol. The average Bonchev–Trinajstić information content (AvgIpc) is 3.06. The second kappa shape index (κ2) is 12.5. The molecule has 0 bridgehead atoms. The summed E-state index contributed by atoms with van der Waals surface area (Å²) in [5.41, 5.74) is 1.11. The molecule has 3 N–H and O–H groups in total. The second-order valence-electron chi connectivity index (χ2n) is 7.20. The van der Waals surface area contributed by atoms with Crippen LogP contribution in [0.5, 0.6) is 0 Å². The van der Waals surface area contributed by atoms with Gasteiger partial charge in [-0.2, -0.15) is 13.2 Å². The van der Waals surface area contributed by atoms with Gasteiger partial charge in [-0.15, -0.1) is 0 Å². The lowest BCUT2D eigenvalue weighted by Gasteiger charge is -2.24. The first-order valence-corrected chi connectivity index (χ1v) is 10.3. The highest BCUT2D eigenvalue weighted by Crippen LogP contribution is 2.25. The zero-order valence-electron chi connectivity index (χ0n) is 18.7. The third kappa shape index (κ3) is 8.41. The molecule has 0 radical (unpaired) electrons. The Labute approximate surface area is 198 Å². The predicted octanol–water partition coefficient (Wildman–Crippen LogP) is 2.11. The summed E-state index contributed by atoms with van der Waals surface area (Å²) in [6, 6.07) is 6.83. The number of carboxylic acid groups (broad SMARTS) is 2. The van der Waals surface area contributed by atoms with Crippen LogP contribution in [0.3, 0.4) is 0 Å². The number of rotatable bonds is 6. The van der Waals surface area contributed by atoms with E-state index in [1.807, 2.05) is 6.07 Å². The van der Waals surface area contributed by atoms with Crippen molar-refractivity contribution in [2.24, 2.45) is 0 Å².